The molecule has 0 heterocycles. The fraction of sp³-hybridized carbons (Fsp3) is 1.00. The Labute approximate surface area is 143 Å². The Bertz CT molecular complexity index is 173. The number of hydrogen-bond acceptors (Lipinski definition) is 0. The van der Waals surface area contributed by atoms with Crippen LogP contribution in [0.4, 0.5) is 0 Å². The van der Waals surface area contributed by atoms with Gasteiger partial charge in [-0.15, -0.1) is 0 Å². The van der Waals surface area contributed by atoms with Crippen LogP contribution >= 0.6 is 37.4 Å². The Morgan fingerprint density at radius 1 is 0.500 bits per heavy atom. The van der Waals surface area contributed by atoms with Crippen LogP contribution in [-0.4, -0.2) is 28.5 Å². The molecule has 114 valence electrons. The zero-order valence-electron chi connectivity index (χ0n) is 12.6. The summed E-state index contributed by atoms with van der Waals surface area (Å²) < 4.78 is 3.14. The second-order valence-corrected chi connectivity index (χ2v) is 56.4. The van der Waals surface area contributed by atoms with E-state index in [1.807, 2.05) is 0 Å². The van der Waals surface area contributed by atoms with E-state index in [-0.39, 0.29) is 0 Å². The summed E-state index contributed by atoms with van der Waals surface area (Å²) in [6.45, 7) is 0. The summed E-state index contributed by atoms with van der Waals surface area (Å²) in [5.41, 5.74) is 0. The van der Waals surface area contributed by atoms with Crippen molar-refractivity contribution in [2.24, 2.45) is 0 Å². The SMILES string of the molecule is C[Te](C)(I)CCCCCCCCCC[Te](C)(C)I. The van der Waals surface area contributed by atoms with Crippen LogP contribution in [0.15, 0.2) is 0 Å². The Hall–Kier alpha value is 3.04. The number of unbranched alkanes of at least 4 members (excludes halogenated alkanes) is 7. The zero-order chi connectivity index (χ0) is 14.1. The van der Waals surface area contributed by atoms with Crippen molar-refractivity contribution in [1.29, 1.82) is 0 Å². The maximum atomic E-state index is 2.76. The number of hydrogen-bond donors (Lipinski definition) is 0. The molecule has 0 radical (unpaired) electrons. The Morgan fingerprint density at radius 2 is 0.722 bits per heavy atom. The molecule has 0 atom stereocenters. The van der Waals surface area contributed by atoms with Gasteiger partial charge in [0.25, 0.3) is 0 Å². The molecule has 0 aromatic heterocycles. The van der Waals surface area contributed by atoms with Crippen LogP contribution in [0.25, 0.3) is 0 Å². The molecule has 0 N–H and O–H groups in total. The number of halogens is 2. The van der Waals surface area contributed by atoms with E-state index in [2.05, 4.69) is 57.3 Å². The molecular weight excluding hydrogens is 677 g/mol. The quantitative estimate of drug-likeness (QED) is 0.119. The molecule has 0 aliphatic carbocycles. The molecule has 0 rings (SSSR count). The van der Waals surface area contributed by atoms with Gasteiger partial charge in [-0.05, 0) is 0 Å². The molecule has 0 unspecified atom stereocenters. The van der Waals surface area contributed by atoms with Crippen molar-refractivity contribution >= 4 is 65.9 Å². The molecule has 18 heavy (non-hydrogen) atoms. The van der Waals surface area contributed by atoms with Crippen LogP contribution in [0.3, 0.4) is 0 Å². The molecule has 0 saturated carbocycles. The molecule has 0 bridgehead atoms. The molecule has 0 aromatic carbocycles. The van der Waals surface area contributed by atoms with Crippen LogP contribution in [0, 0.1) is 0 Å². The van der Waals surface area contributed by atoms with Crippen molar-refractivity contribution in [3.05, 3.63) is 0 Å². The van der Waals surface area contributed by atoms with Crippen LogP contribution < -0.4 is 0 Å². The monoisotopic (exact) mass is 714 g/mol. The fourth-order valence-corrected chi connectivity index (χ4v) is 11.2. The Kier molecular flexibility index (Phi) is 13.5. The van der Waals surface area contributed by atoms with E-state index in [1.54, 1.807) is 8.94 Å². The predicted octanol–water partition coefficient (Wildman–Crippen LogP) is 7.39. The van der Waals surface area contributed by atoms with Gasteiger partial charge in [-0.2, -0.15) is 0 Å². The summed E-state index contributed by atoms with van der Waals surface area (Å²) in [6, 6.07) is 0. The third-order valence-corrected chi connectivity index (χ3v) is 16.1. The van der Waals surface area contributed by atoms with E-state index >= 15 is 0 Å². The second kappa shape index (κ2) is 11.6. The van der Waals surface area contributed by atoms with Gasteiger partial charge < -0.3 is 0 Å². The van der Waals surface area contributed by atoms with Gasteiger partial charge in [0.15, 0.2) is 0 Å². The average Bonchev–Trinajstić information content (AvgIpc) is 2.17. The van der Waals surface area contributed by atoms with E-state index in [0.29, 0.717) is 0 Å². The van der Waals surface area contributed by atoms with Crippen LogP contribution in [-0.2, 0) is 0 Å². The first kappa shape index (κ1) is 21.0. The van der Waals surface area contributed by atoms with Crippen LogP contribution in [0.1, 0.15) is 51.4 Å². The minimum atomic E-state index is -1.26. The van der Waals surface area contributed by atoms with Gasteiger partial charge in [0.1, 0.15) is 0 Å². The van der Waals surface area contributed by atoms with Gasteiger partial charge in [-0.25, -0.2) is 0 Å². The first-order valence-electron chi connectivity index (χ1n) is 7.02. The molecule has 0 amide bonds. The summed E-state index contributed by atoms with van der Waals surface area (Å²) in [4.78, 5) is 10.1. The van der Waals surface area contributed by atoms with E-state index in [1.165, 1.54) is 51.4 Å². The summed E-state index contributed by atoms with van der Waals surface area (Å²) in [7, 11) is 0. The molecule has 0 aliphatic heterocycles. The summed E-state index contributed by atoms with van der Waals surface area (Å²) >= 11 is 2.99. The molecule has 0 fully saturated rings. The normalized spacial score (nSPS) is 14.8. The van der Waals surface area contributed by atoms with Crippen LogP contribution in [0.2, 0.25) is 28.8 Å². The molecule has 0 spiro atoms. The van der Waals surface area contributed by atoms with Crippen molar-refractivity contribution in [2.75, 3.05) is 0 Å². The van der Waals surface area contributed by atoms with E-state index < -0.39 is 28.5 Å². The third kappa shape index (κ3) is 19.0. The third-order valence-electron chi connectivity index (χ3n) is 3.01. The average molecular weight is 709 g/mol. The van der Waals surface area contributed by atoms with E-state index in [0.717, 1.165) is 0 Å². The molecule has 0 aromatic rings. The van der Waals surface area contributed by atoms with Gasteiger partial charge in [-0.3, -0.25) is 0 Å². The predicted molar refractivity (Wildman–Crippen MR) is 110 cm³/mol. The second-order valence-electron chi connectivity index (χ2n) is 6.04. The number of rotatable bonds is 11. The van der Waals surface area contributed by atoms with E-state index in [4.69, 9.17) is 0 Å². The standard InChI is InChI=1S/C14H32I2Te2/c1-17(2,15)13-11-9-7-5-6-8-10-12-14-18(3,4)16/h5-14H2,1-4H3. The summed E-state index contributed by atoms with van der Waals surface area (Å²) in [6.07, 6.45) is 12.0. The Morgan fingerprint density at radius 3 is 0.944 bits per heavy atom. The maximum absolute atomic E-state index is 2.76. The van der Waals surface area contributed by atoms with Gasteiger partial charge in [0.2, 0.25) is 0 Å². The molecule has 0 saturated heterocycles. The van der Waals surface area contributed by atoms with Crippen LogP contribution in [0.5, 0.6) is 0 Å². The molecule has 4 heteroatoms. The minimum absolute atomic E-state index is 1.26. The van der Waals surface area contributed by atoms with E-state index in [9.17, 15) is 0 Å². The summed E-state index contributed by atoms with van der Waals surface area (Å²) in [5, 5.41) is 0. The van der Waals surface area contributed by atoms with Gasteiger partial charge in [-0.1, -0.05) is 0 Å². The fourth-order valence-electron chi connectivity index (χ4n) is 1.95. The van der Waals surface area contributed by atoms with Crippen molar-refractivity contribution in [3.8, 4) is 0 Å². The first-order chi connectivity index (χ1) is 8.21. The topological polar surface area (TPSA) is 0 Å². The summed E-state index contributed by atoms with van der Waals surface area (Å²) in [5.74, 6) is 0. The van der Waals surface area contributed by atoms with Crippen molar-refractivity contribution in [1.82, 2.24) is 0 Å². The van der Waals surface area contributed by atoms with Gasteiger partial charge >= 0.3 is 146 Å². The molecule has 0 nitrogen and oxygen atoms in total. The van der Waals surface area contributed by atoms with Gasteiger partial charge in [0, 0.05) is 0 Å². The first-order valence-corrected chi connectivity index (χ1v) is 33.2. The van der Waals surface area contributed by atoms with Gasteiger partial charge in [0.05, 0.1) is 0 Å². The van der Waals surface area contributed by atoms with Crippen molar-refractivity contribution < 1.29 is 0 Å². The molecule has 0 aliphatic rings. The molecular formula is C14H32I2Te2. The van der Waals surface area contributed by atoms with Crippen molar-refractivity contribution in [2.45, 2.75) is 80.2 Å². The zero-order valence-corrected chi connectivity index (χ0v) is 21.6. The Balaban J connectivity index is 3.13. The van der Waals surface area contributed by atoms with Crippen molar-refractivity contribution in [3.63, 3.8) is 0 Å².